The number of carbonyl (C=O) groups is 1. The standard InChI is InChI=1S/C20H24N2O2/c1-15(14-24-17-8-3-2-4-9-17)20(23)22-13-19-18-10-6-5-7-16(18)11-12-21-19/h2-10,15,19,21H,11-14H2,1H3,(H,22,23). The average Bonchev–Trinajstić information content (AvgIpc) is 2.65. The molecule has 0 saturated heterocycles. The molecule has 2 atom stereocenters. The number of nitrogens with one attached hydrogen (secondary N) is 2. The first-order valence-corrected chi connectivity index (χ1v) is 8.51. The molecule has 0 aliphatic carbocycles. The lowest BCUT2D eigenvalue weighted by Gasteiger charge is -2.27. The minimum absolute atomic E-state index is 0.0239. The molecule has 0 fully saturated rings. The Morgan fingerprint density at radius 3 is 2.79 bits per heavy atom. The van der Waals surface area contributed by atoms with Gasteiger partial charge in [0.25, 0.3) is 0 Å². The first-order valence-electron chi connectivity index (χ1n) is 8.51. The van der Waals surface area contributed by atoms with Crippen LogP contribution >= 0.6 is 0 Å². The Labute approximate surface area is 143 Å². The van der Waals surface area contributed by atoms with E-state index in [2.05, 4.69) is 34.9 Å². The summed E-state index contributed by atoms with van der Waals surface area (Å²) in [6.07, 6.45) is 1.04. The number of rotatable bonds is 6. The molecule has 0 bridgehead atoms. The van der Waals surface area contributed by atoms with Gasteiger partial charge in [-0.25, -0.2) is 0 Å². The van der Waals surface area contributed by atoms with Crippen molar-refractivity contribution in [3.63, 3.8) is 0 Å². The number of fused-ring (bicyclic) bond motifs is 1. The Hall–Kier alpha value is -2.33. The first-order chi connectivity index (χ1) is 11.7. The monoisotopic (exact) mass is 324 g/mol. The van der Waals surface area contributed by atoms with Crippen LogP contribution in [0.25, 0.3) is 0 Å². The van der Waals surface area contributed by atoms with Gasteiger partial charge in [0.05, 0.1) is 12.5 Å². The SMILES string of the molecule is CC(COc1ccccc1)C(=O)NCC1NCCc2ccccc21. The van der Waals surface area contributed by atoms with E-state index < -0.39 is 0 Å². The van der Waals surface area contributed by atoms with Gasteiger partial charge >= 0.3 is 0 Å². The van der Waals surface area contributed by atoms with E-state index in [0.717, 1.165) is 18.7 Å². The van der Waals surface area contributed by atoms with Crippen LogP contribution in [0.3, 0.4) is 0 Å². The minimum atomic E-state index is -0.191. The zero-order chi connectivity index (χ0) is 16.8. The van der Waals surface area contributed by atoms with Crippen LogP contribution in [0.2, 0.25) is 0 Å². The Morgan fingerprint density at radius 2 is 1.96 bits per heavy atom. The molecule has 4 heteroatoms. The number of amides is 1. The number of carbonyl (C=O) groups excluding carboxylic acids is 1. The number of hydrogen-bond acceptors (Lipinski definition) is 3. The third-order valence-corrected chi connectivity index (χ3v) is 4.39. The van der Waals surface area contributed by atoms with Gasteiger partial charge in [-0.2, -0.15) is 0 Å². The normalized spacial score (nSPS) is 17.6. The lowest BCUT2D eigenvalue weighted by Crippen LogP contribution is -2.41. The second-order valence-corrected chi connectivity index (χ2v) is 6.23. The zero-order valence-corrected chi connectivity index (χ0v) is 14.0. The molecule has 2 N–H and O–H groups in total. The predicted octanol–water partition coefficient (Wildman–Crippen LogP) is 2.70. The van der Waals surface area contributed by atoms with Crippen molar-refractivity contribution in [3.05, 3.63) is 65.7 Å². The van der Waals surface area contributed by atoms with Crippen molar-refractivity contribution in [2.75, 3.05) is 19.7 Å². The third kappa shape index (κ3) is 4.15. The van der Waals surface area contributed by atoms with Gasteiger partial charge in [0.2, 0.25) is 5.91 Å². The van der Waals surface area contributed by atoms with E-state index in [9.17, 15) is 4.79 Å². The van der Waals surface area contributed by atoms with Gasteiger partial charge in [-0.1, -0.05) is 49.4 Å². The maximum Gasteiger partial charge on any atom is 0.226 e. The van der Waals surface area contributed by atoms with Crippen molar-refractivity contribution in [2.45, 2.75) is 19.4 Å². The van der Waals surface area contributed by atoms with Crippen LogP contribution in [0.5, 0.6) is 5.75 Å². The summed E-state index contributed by atoms with van der Waals surface area (Å²) in [4.78, 5) is 12.3. The van der Waals surface area contributed by atoms with Crippen LogP contribution in [0.1, 0.15) is 24.1 Å². The summed E-state index contributed by atoms with van der Waals surface area (Å²) in [5, 5.41) is 6.53. The Bertz CT molecular complexity index is 672. The molecule has 24 heavy (non-hydrogen) atoms. The number of para-hydroxylation sites is 1. The Kier molecular flexibility index (Phi) is 5.49. The molecule has 126 valence electrons. The summed E-state index contributed by atoms with van der Waals surface area (Å²) in [7, 11) is 0. The molecular formula is C20H24N2O2. The van der Waals surface area contributed by atoms with Crippen molar-refractivity contribution in [1.29, 1.82) is 0 Å². The summed E-state index contributed by atoms with van der Waals surface area (Å²) in [6, 6.07) is 18.2. The van der Waals surface area contributed by atoms with Gasteiger partial charge in [-0.05, 0) is 36.2 Å². The quantitative estimate of drug-likeness (QED) is 0.859. The fraction of sp³-hybridized carbons (Fsp3) is 0.350. The average molecular weight is 324 g/mol. The molecule has 1 aliphatic heterocycles. The van der Waals surface area contributed by atoms with E-state index in [-0.39, 0.29) is 17.9 Å². The van der Waals surface area contributed by atoms with Crippen LogP contribution in [-0.2, 0) is 11.2 Å². The molecule has 3 rings (SSSR count). The lowest BCUT2D eigenvalue weighted by molar-refractivity contribution is -0.125. The van der Waals surface area contributed by atoms with Crippen LogP contribution in [0.15, 0.2) is 54.6 Å². The third-order valence-electron chi connectivity index (χ3n) is 4.39. The number of hydrogen-bond donors (Lipinski definition) is 2. The molecule has 2 aromatic rings. The van der Waals surface area contributed by atoms with Crippen LogP contribution < -0.4 is 15.4 Å². The van der Waals surface area contributed by atoms with Gasteiger partial charge in [0.15, 0.2) is 0 Å². The maximum absolute atomic E-state index is 12.3. The van der Waals surface area contributed by atoms with E-state index in [1.807, 2.05) is 37.3 Å². The van der Waals surface area contributed by atoms with Gasteiger partial charge in [-0.3, -0.25) is 4.79 Å². The van der Waals surface area contributed by atoms with Crippen molar-refractivity contribution < 1.29 is 9.53 Å². The fourth-order valence-corrected chi connectivity index (χ4v) is 2.97. The largest absolute Gasteiger partial charge is 0.493 e. The van der Waals surface area contributed by atoms with E-state index in [1.165, 1.54) is 11.1 Å². The highest BCUT2D eigenvalue weighted by Gasteiger charge is 2.21. The van der Waals surface area contributed by atoms with E-state index in [1.54, 1.807) is 0 Å². The smallest absolute Gasteiger partial charge is 0.226 e. The van der Waals surface area contributed by atoms with Gasteiger partial charge in [0, 0.05) is 12.6 Å². The summed E-state index contributed by atoms with van der Waals surface area (Å²) in [6.45, 7) is 3.82. The van der Waals surface area contributed by atoms with Crippen molar-refractivity contribution in [3.8, 4) is 5.75 Å². The molecule has 2 aromatic carbocycles. The Balaban J connectivity index is 1.49. The zero-order valence-electron chi connectivity index (χ0n) is 14.0. The van der Waals surface area contributed by atoms with Gasteiger partial charge in [0.1, 0.15) is 5.75 Å². The van der Waals surface area contributed by atoms with Gasteiger partial charge < -0.3 is 15.4 Å². The summed E-state index contributed by atoms with van der Waals surface area (Å²) < 4.78 is 5.66. The molecule has 1 aliphatic rings. The highest BCUT2D eigenvalue weighted by atomic mass is 16.5. The minimum Gasteiger partial charge on any atom is -0.493 e. The molecule has 2 unspecified atom stereocenters. The molecule has 4 nitrogen and oxygen atoms in total. The van der Waals surface area contributed by atoms with E-state index >= 15 is 0 Å². The van der Waals surface area contributed by atoms with Crippen molar-refractivity contribution in [2.24, 2.45) is 5.92 Å². The highest BCUT2D eigenvalue weighted by Crippen LogP contribution is 2.22. The van der Waals surface area contributed by atoms with E-state index in [4.69, 9.17) is 4.74 Å². The Morgan fingerprint density at radius 1 is 1.21 bits per heavy atom. The molecule has 1 amide bonds. The van der Waals surface area contributed by atoms with Crippen molar-refractivity contribution in [1.82, 2.24) is 10.6 Å². The lowest BCUT2D eigenvalue weighted by atomic mass is 9.94. The summed E-state index contributed by atoms with van der Waals surface area (Å²) in [5.74, 6) is 0.625. The summed E-state index contributed by atoms with van der Waals surface area (Å²) >= 11 is 0. The highest BCUT2D eigenvalue weighted by molar-refractivity contribution is 5.78. The molecule has 0 radical (unpaired) electrons. The number of benzene rings is 2. The predicted molar refractivity (Wildman–Crippen MR) is 95.0 cm³/mol. The fourth-order valence-electron chi connectivity index (χ4n) is 2.97. The van der Waals surface area contributed by atoms with Crippen molar-refractivity contribution >= 4 is 5.91 Å². The van der Waals surface area contributed by atoms with Crippen LogP contribution in [0.4, 0.5) is 0 Å². The molecule has 0 aromatic heterocycles. The second kappa shape index (κ2) is 7.97. The first kappa shape index (κ1) is 16.5. The molecule has 1 heterocycles. The molecular weight excluding hydrogens is 300 g/mol. The van der Waals surface area contributed by atoms with Gasteiger partial charge in [-0.15, -0.1) is 0 Å². The van der Waals surface area contributed by atoms with E-state index in [0.29, 0.717) is 13.2 Å². The summed E-state index contributed by atoms with van der Waals surface area (Å²) in [5.41, 5.74) is 2.66. The molecule has 0 spiro atoms. The number of ether oxygens (including phenoxy) is 1. The van der Waals surface area contributed by atoms with Crippen LogP contribution in [-0.4, -0.2) is 25.6 Å². The maximum atomic E-state index is 12.3. The molecule has 0 saturated carbocycles. The topological polar surface area (TPSA) is 50.4 Å². The second-order valence-electron chi connectivity index (χ2n) is 6.23. The van der Waals surface area contributed by atoms with Crippen LogP contribution in [0, 0.1) is 5.92 Å².